The van der Waals surface area contributed by atoms with E-state index in [4.69, 9.17) is 5.73 Å². The average Bonchev–Trinajstić information content (AvgIpc) is 2.48. The Morgan fingerprint density at radius 2 is 2.10 bits per heavy atom. The molecule has 3 aliphatic rings. The topological polar surface area (TPSA) is 38.0 Å². The Morgan fingerprint density at radius 3 is 2.90 bits per heavy atom. The molecule has 21 heavy (non-hydrogen) atoms. The van der Waals surface area contributed by atoms with Crippen LogP contribution in [0.2, 0.25) is 0 Å². The Hall–Kier alpha value is -1.54. The predicted octanol–water partition coefficient (Wildman–Crippen LogP) is 3.60. The van der Waals surface area contributed by atoms with Gasteiger partial charge in [0.1, 0.15) is 0 Å². The zero-order valence-electron chi connectivity index (χ0n) is 13.0. The van der Waals surface area contributed by atoms with Crippen molar-refractivity contribution in [3.63, 3.8) is 0 Å². The minimum Gasteiger partial charge on any atom is -0.399 e. The minimum atomic E-state index is 0.364. The molecule has 0 amide bonds. The molecule has 4 atom stereocenters. The molecule has 0 heterocycles. The summed E-state index contributed by atoms with van der Waals surface area (Å²) in [4.78, 5) is 0. The van der Waals surface area contributed by atoms with Gasteiger partial charge in [0.25, 0.3) is 0 Å². The lowest BCUT2D eigenvalue weighted by atomic mass is 9.81. The van der Waals surface area contributed by atoms with Gasteiger partial charge in [0.15, 0.2) is 0 Å². The van der Waals surface area contributed by atoms with Crippen LogP contribution in [-0.2, 0) is 0 Å². The van der Waals surface area contributed by atoms with E-state index in [0.717, 1.165) is 25.0 Å². The highest BCUT2D eigenvalue weighted by Crippen LogP contribution is 2.32. The molecular weight excluding hydrogens is 256 g/mol. The van der Waals surface area contributed by atoms with Gasteiger partial charge in [-0.15, -0.1) is 0 Å². The van der Waals surface area contributed by atoms with Crippen molar-refractivity contribution in [1.82, 2.24) is 5.32 Å². The molecule has 0 aliphatic heterocycles. The maximum Gasteiger partial charge on any atom is 0.0380 e. The van der Waals surface area contributed by atoms with Crippen molar-refractivity contribution in [2.24, 2.45) is 17.6 Å². The molecular formula is C19H26N2. The summed E-state index contributed by atoms with van der Waals surface area (Å²) in [5.74, 6) is 1.14. The van der Waals surface area contributed by atoms with Gasteiger partial charge in [0.05, 0.1) is 0 Å². The normalized spacial score (nSPS) is 32.9. The van der Waals surface area contributed by atoms with Crippen LogP contribution in [0, 0.1) is 11.8 Å². The van der Waals surface area contributed by atoms with E-state index in [2.05, 4.69) is 61.7 Å². The number of nitrogens with one attached hydrogen (secondary N) is 1. The second-order valence-corrected chi connectivity index (χ2v) is 6.49. The molecule has 3 rings (SSSR count). The van der Waals surface area contributed by atoms with Crippen molar-refractivity contribution in [2.75, 3.05) is 0 Å². The van der Waals surface area contributed by atoms with E-state index in [1.807, 2.05) is 0 Å². The molecule has 0 saturated heterocycles. The molecule has 3 aliphatic carbocycles. The largest absolute Gasteiger partial charge is 0.399 e. The second-order valence-electron chi connectivity index (χ2n) is 6.49. The van der Waals surface area contributed by atoms with Gasteiger partial charge >= 0.3 is 0 Å². The monoisotopic (exact) mass is 282 g/mol. The third-order valence-corrected chi connectivity index (χ3v) is 4.98. The van der Waals surface area contributed by atoms with Gasteiger partial charge in [0, 0.05) is 17.8 Å². The summed E-state index contributed by atoms with van der Waals surface area (Å²) < 4.78 is 0. The van der Waals surface area contributed by atoms with Crippen LogP contribution in [-0.4, -0.2) is 12.1 Å². The van der Waals surface area contributed by atoms with Gasteiger partial charge in [-0.25, -0.2) is 0 Å². The lowest BCUT2D eigenvalue weighted by Crippen LogP contribution is -2.45. The van der Waals surface area contributed by atoms with Crippen LogP contribution in [0.25, 0.3) is 0 Å². The second kappa shape index (κ2) is 6.07. The van der Waals surface area contributed by atoms with E-state index >= 15 is 0 Å². The number of rotatable bonds is 3. The Morgan fingerprint density at radius 1 is 1.29 bits per heavy atom. The van der Waals surface area contributed by atoms with E-state index in [-0.39, 0.29) is 0 Å². The molecule has 0 bridgehead atoms. The van der Waals surface area contributed by atoms with Crippen LogP contribution in [0.5, 0.6) is 0 Å². The third-order valence-electron chi connectivity index (χ3n) is 4.98. The first kappa shape index (κ1) is 14.4. The van der Waals surface area contributed by atoms with Gasteiger partial charge in [0.2, 0.25) is 0 Å². The van der Waals surface area contributed by atoms with Gasteiger partial charge < -0.3 is 11.1 Å². The van der Waals surface area contributed by atoms with Crippen LogP contribution < -0.4 is 11.1 Å². The first-order valence-electron chi connectivity index (χ1n) is 8.13. The molecule has 0 fully saturated rings. The van der Waals surface area contributed by atoms with E-state index in [0.29, 0.717) is 23.9 Å². The number of allylic oxidation sites excluding steroid dienone is 6. The molecule has 112 valence electrons. The van der Waals surface area contributed by atoms with Crippen molar-refractivity contribution in [3.05, 3.63) is 59.4 Å². The Balaban J connectivity index is 1.74. The fourth-order valence-electron chi connectivity index (χ4n) is 3.81. The SMILES string of the molecule is CC1C=CC=CC1C(C)NC1CC=CC2=C1C(N)=CCC2. The lowest BCUT2D eigenvalue weighted by Gasteiger charge is -2.35. The minimum absolute atomic E-state index is 0.364. The van der Waals surface area contributed by atoms with Gasteiger partial charge in [-0.05, 0) is 49.2 Å². The van der Waals surface area contributed by atoms with Gasteiger partial charge in [-0.2, -0.15) is 0 Å². The highest BCUT2D eigenvalue weighted by atomic mass is 15.0. The lowest BCUT2D eigenvalue weighted by molar-refractivity contribution is 0.347. The number of hydrogen-bond donors (Lipinski definition) is 2. The standard InChI is InChI=1S/C19H26N2/c1-13-7-3-4-10-16(13)14(2)21-18-12-6-9-15-8-5-11-17(20)19(15)18/h3-4,6-7,9-11,13-14,16,18,21H,5,8,12,20H2,1-2H3. The summed E-state index contributed by atoms with van der Waals surface area (Å²) in [5, 5.41) is 3.83. The van der Waals surface area contributed by atoms with E-state index in [1.165, 1.54) is 11.1 Å². The first-order chi connectivity index (χ1) is 10.2. The number of hydrogen-bond acceptors (Lipinski definition) is 2. The van der Waals surface area contributed by atoms with Gasteiger partial charge in [-0.3, -0.25) is 0 Å². The van der Waals surface area contributed by atoms with E-state index in [9.17, 15) is 0 Å². The Labute approximate surface area is 128 Å². The molecule has 0 radical (unpaired) electrons. The van der Waals surface area contributed by atoms with Crippen LogP contribution in [0.15, 0.2) is 59.4 Å². The summed E-state index contributed by atoms with van der Waals surface area (Å²) in [6.45, 7) is 4.59. The maximum atomic E-state index is 6.27. The van der Waals surface area contributed by atoms with Crippen LogP contribution in [0.4, 0.5) is 0 Å². The molecule has 3 N–H and O–H groups in total. The zero-order chi connectivity index (χ0) is 14.8. The van der Waals surface area contributed by atoms with Crippen molar-refractivity contribution in [2.45, 2.75) is 45.2 Å². The number of nitrogens with two attached hydrogens (primary N) is 1. The Bertz CT molecular complexity index is 548. The van der Waals surface area contributed by atoms with E-state index in [1.54, 1.807) is 0 Å². The summed E-state index contributed by atoms with van der Waals surface area (Å²) >= 11 is 0. The molecule has 2 nitrogen and oxygen atoms in total. The molecule has 4 unspecified atom stereocenters. The van der Waals surface area contributed by atoms with Crippen molar-refractivity contribution < 1.29 is 0 Å². The summed E-state index contributed by atoms with van der Waals surface area (Å²) in [6.07, 6.45) is 18.9. The summed E-state index contributed by atoms with van der Waals surface area (Å²) in [5.41, 5.74) is 10.0. The van der Waals surface area contributed by atoms with Crippen LogP contribution in [0.3, 0.4) is 0 Å². The molecule has 0 aromatic rings. The molecule has 2 heteroatoms. The first-order valence-corrected chi connectivity index (χ1v) is 8.13. The van der Waals surface area contributed by atoms with Gasteiger partial charge in [-0.1, -0.05) is 49.5 Å². The quantitative estimate of drug-likeness (QED) is 0.830. The van der Waals surface area contributed by atoms with Crippen molar-refractivity contribution >= 4 is 0 Å². The highest BCUT2D eigenvalue weighted by molar-refractivity contribution is 5.47. The fraction of sp³-hybridized carbons (Fsp3) is 0.474. The van der Waals surface area contributed by atoms with Crippen molar-refractivity contribution in [1.29, 1.82) is 0 Å². The molecule has 0 aromatic heterocycles. The van der Waals surface area contributed by atoms with Crippen LogP contribution in [0.1, 0.15) is 33.1 Å². The highest BCUT2D eigenvalue weighted by Gasteiger charge is 2.28. The molecule has 0 spiro atoms. The molecule has 0 aromatic carbocycles. The predicted molar refractivity (Wildman–Crippen MR) is 89.6 cm³/mol. The fourth-order valence-corrected chi connectivity index (χ4v) is 3.81. The smallest absolute Gasteiger partial charge is 0.0380 e. The average molecular weight is 282 g/mol. The Kier molecular flexibility index (Phi) is 4.16. The summed E-state index contributed by atoms with van der Waals surface area (Å²) in [6, 6.07) is 0.809. The van der Waals surface area contributed by atoms with Crippen LogP contribution >= 0.6 is 0 Å². The third kappa shape index (κ3) is 2.91. The van der Waals surface area contributed by atoms with E-state index < -0.39 is 0 Å². The van der Waals surface area contributed by atoms with Crippen molar-refractivity contribution in [3.8, 4) is 0 Å². The molecule has 0 saturated carbocycles. The maximum absolute atomic E-state index is 6.27. The zero-order valence-corrected chi connectivity index (χ0v) is 13.0. The summed E-state index contributed by atoms with van der Waals surface area (Å²) in [7, 11) is 0.